The molecule has 0 spiro atoms. The molecule has 112 valence electrons. The molecule has 0 saturated carbocycles. The lowest BCUT2D eigenvalue weighted by atomic mass is 9.95. The Morgan fingerprint density at radius 2 is 1.67 bits per heavy atom. The zero-order valence-corrected chi connectivity index (χ0v) is 11.5. The Balaban J connectivity index is 2.11. The van der Waals surface area contributed by atoms with Crippen molar-refractivity contribution in [2.75, 3.05) is 13.1 Å². The number of benzene rings is 1. The lowest BCUT2D eigenvalue weighted by Gasteiger charge is -2.29. The SMILES string of the molecule is NC(=O)CN(CC(N)=O)C(=O)[C@H]1Cc2ccccc2CN1. The van der Waals surface area contributed by atoms with E-state index in [4.69, 9.17) is 11.5 Å². The number of carbonyl (C=O) groups is 3. The molecule has 0 saturated heterocycles. The van der Waals surface area contributed by atoms with E-state index in [1.807, 2.05) is 24.3 Å². The van der Waals surface area contributed by atoms with Gasteiger partial charge in [0, 0.05) is 6.54 Å². The Hall–Kier alpha value is -2.41. The van der Waals surface area contributed by atoms with Crippen molar-refractivity contribution in [1.82, 2.24) is 10.2 Å². The van der Waals surface area contributed by atoms with Crippen molar-refractivity contribution in [2.24, 2.45) is 11.5 Å². The van der Waals surface area contributed by atoms with Crippen LogP contribution in [0.3, 0.4) is 0 Å². The Bertz CT molecular complexity index is 557. The third-order valence-corrected chi connectivity index (χ3v) is 3.38. The number of amides is 3. The van der Waals surface area contributed by atoms with Crippen LogP contribution < -0.4 is 16.8 Å². The van der Waals surface area contributed by atoms with Crippen molar-refractivity contribution in [2.45, 2.75) is 19.0 Å². The average Bonchev–Trinajstić information content (AvgIpc) is 2.44. The number of hydrogen-bond donors (Lipinski definition) is 3. The first-order valence-corrected chi connectivity index (χ1v) is 6.63. The summed E-state index contributed by atoms with van der Waals surface area (Å²) in [5.41, 5.74) is 12.4. The molecule has 1 aliphatic rings. The first-order chi connectivity index (χ1) is 9.97. The molecule has 1 atom stereocenters. The molecule has 1 aromatic rings. The lowest BCUT2D eigenvalue weighted by molar-refractivity contribution is -0.139. The van der Waals surface area contributed by atoms with E-state index in [1.54, 1.807) is 0 Å². The Labute approximate surface area is 122 Å². The Kier molecular flexibility index (Phi) is 4.54. The standard InChI is InChI=1S/C14H18N4O3/c15-12(19)7-18(8-13(16)20)14(21)11-5-9-3-1-2-4-10(9)6-17-11/h1-4,11,17H,5-8H2,(H2,15,19)(H2,16,20)/t11-/m1/s1. The van der Waals surface area contributed by atoms with E-state index in [0.29, 0.717) is 13.0 Å². The van der Waals surface area contributed by atoms with Gasteiger partial charge in [-0.2, -0.15) is 0 Å². The van der Waals surface area contributed by atoms with Gasteiger partial charge in [0.2, 0.25) is 17.7 Å². The fourth-order valence-electron chi connectivity index (χ4n) is 2.44. The molecular weight excluding hydrogens is 272 g/mol. The van der Waals surface area contributed by atoms with E-state index in [-0.39, 0.29) is 19.0 Å². The van der Waals surface area contributed by atoms with Gasteiger partial charge in [0.05, 0.1) is 19.1 Å². The molecule has 0 radical (unpaired) electrons. The molecule has 0 fully saturated rings. The second-order valence-corrected chi connectivity index (χ2v) is 5.03. The van der Waals surface area contributed by atoms with Crippen LogP contribution in [-0.2, 0) is 27.3 Å². The average molecular weight is 290 g/mol. The van der Waals surface area contributed by atoms with Gasteiger partial charge >= 0.3 is 0 Å². The smallest absolute Gasteiger partial charge is 0.240 e. The van der Waals surface area contributed by atoms with Gasteiger partial charge in [-0.1, -0.05) is 24.3 Å². The van der Waals surface area contributed by atoms with Crippen LogP contribution in [0, 0.1) is 0 Å². The second kappa shape index (κ2) is 6.36. The van der Waals surface area contributed by atoms with E-state index in [2.05, 4.69) is 5.32 Å². The zero-order valence-electron chi connectivity index (χ0n) is 11.5. The minimum Gasteiger partial charge on any atom is -0.368 e. The molecule has 7 heteroatoms. The molecule has 2 rings (SSSR count). The third-order valence-electron chi connectivity index (χ3n) is 3.38. The first-order valence-electron chi connectivity index (χ1n) is 6.63. The topological polar surface area (TPSA) is 119 Å². The number of hydrogen-bond acceptors (Lipinski definition) is 4. The molecule has 0 unspecified atom stereocenters. The number of primary amides is 2. The molecule has 0 aromatic heterocycles. The van der Waals surface area contributed by atoms with Gasteiger partial charge in [0.25, 0.3) is 0 Å². The fraction of sp³-hybridized carbons (Fsp3) is 0.357. The molecule has 1 aliphatic heterocycles. The molecule has 7 nitrogen and oxygen atoms in total. The highest BCUT2D eigenvalue weighted by Gasteiger charge is 2.29. The molecule has 0 aliphatic carbocycles. The van der Waals surface area contributed by atoms with Crippen molar-refractivity contribution in [3.63, 3.8) is 0 Å². The highest BCUT2D eigenvalue weighted by Crippen LogP contribution is 2.17. The van der Waals surface area contributed by atoms with Crippen LogP contribution in [0.15, 0.2) is 24.3 Å². The van der Waals surface area contributed by atoms with Gasteiger partial charge in [0.1, 0.15) is 0 Å². The maximum Gasteiger partial charge on any atom is 0.240 e. The Morgan fingerprint density at radius 1 is 1.10 bits per heavy atom. The molecule has 0 bridgehead atoms. The summed E-state index contributed by atoms with van der Waals surface area (Å²) in [6, 6.07) is 7.32. The van der Waals surface area contributed by atoms with Crippen LogP contribution in [0.1, 0.15) is 11.1 Å². The fourth-order valence-corrected chi connectivity index (χ4v) is 2.44. The second-order valence-electron chi connectivity index (χ2n) is 5.03. The van der Waals surface area contributed by atoms with Gasteiger partial charge in [-0.3, -0.25) is 14.4 Å². The summed E-state index contributed by atoms with van der Waals surface area (Å²) in [4.78, 5) is 35.6. The first kappa shape index (κ1) is 15.0. The minimum absolute atomic E-state index is 0.318. The number of rotatable bonds is 5. The zero-order chi connectivity index (χ0) is 15.4. The number of carbonyl (C=O) groups excluding carboxylic acids is 3. The van der Waals surface area contributed by atoms with Gasteiger partial charge in [-0.25, -0.2) is 0 Å². The number of nitrogens with two attached hydrogens (primary N) is 2. The van der Waals surface area contributed by atoms with Crippen molar-refractivity contribution in [1.29, 1.82) is 0 Å². The summed E-state index contributed by atoms with van der Waals surface area (Å²) in [6.07, 6.45) is 0.503. The monoisotopic (exact) mass is 290 g/mol. The highest BCUT2D eigenvalue weighted by atomic mass is 16.2. The predicted molar refractivity (Wildman–Crippen MR) is 75.7 cm³/mol. The number of nitrogens with one attached hydrogen (secondary N) is 1. The molecule has 5 N–H and O–H groups in total. The summed E-state index contributed by atoms with van der Waals surface area (Å²) in [7, 11) is 0. The van der Waals surface area contributed by atoms with Crippen LogP contribution in [0.4, 0.5) is 0 Å². The summed E-state index contributed by atoms with van der Waals surface area (Å²) in [6.45, 7) is -0.0727. The van der Waals surface area contributed by atoms with E-state index >= 15 is 0 Å². The molecule has 3 amide bonds. The Morgan fingerprint density at radius 3 is 2.24 bits per heavy atom. The lowest BCUT2D eigenvalue weighted by Crippen LogP contribution is -2.53. The number of nitrogens with zero attached hydrogens (tertiary/aromatic N) is 1. The van der Waals surface area contributed by atoms with Crippen LogP contribution in [0.2, 0.25) is 0 Å². The van der Waals surface area contributed by atoms with Gasteiger partial charge in [0.15, 0.2) is 0 Å². The third kappa shape index (κ3) is 3.79. The van der Waals surface area contributed by atoms with Gasteiger partial charge in [-0.05, 0) is 17.5 Å². The summed E-state index contributed by atoms with van der Waals surface area (Å²) in [5.74, 6) is -1.70. The van der Waals surface area contributed by atoms with Crippen molar-refractivity contribution in [3.8, 4) is 0 Å². The van der Waals surface area contributed by atoms with Crippen molar-refractivity contribution < 1.29 is 14.4 Å². The van der Waals surface area contributed by atoms with E-state index in [1.165, 1.54) is 0 Å². The summed E-state index contributed by atoms with van der Waals surface area (Å²) >= 11 is 0. The van der Waals surface area contributed by atoms with Crippen LogP contribution >= 0.6 is 0 Å². The van der Waals surface area contributed by atoms with Crippen LogP contribution in [-0.4, -0.2) is 41.8 Å². The van der Waals surface area contributed by atoms with Crippen molar-refractivity contribution in [3.05, 3.63) is 35.4 Å². The molecule has 1 heterocycles. The van der Waals surface area contributed by atoms with E-state index < -0.39 is 17.9 Å². The van der Waals surface area contributed by atoms with E-state index in [9.17, 15) is 14.4 Å². The predicted octanol–water partition coefficient (Wildman–Crippen LogP) is -1.50. The quantitative estimate of drug-likeness (QED) is 0.611. The van der Waals surface area contributed by atoms with Crippen molar-refractivity contribution >= 4 is 17.7 Å². The minimum atomic E-state index is -0.680. The summed E-state index contributed by atoms with van der Waals surface area (Å²) in [5, 5.41) is 3.11. The van der Waals surface area contributed by atoms with Gasteiger partial charge in [-0.15, -0.1) is 0 Å². The molecular formula is C14H18N4O3. The maximum absolute atomic E-state index is 12.4. The van der Waals surface area contributed by atoms with Crippen LogP contribution in [0.5, 0.6) is 0 Å². The van der Waals surface area contributed by atoms with E-state index in [0.717, 1.165) is 16.0 Å². The maximum atomic E-state index is 12.4. The van der Waals surface area contributed by atoms with Crippen LogP contribution in [0.25, 0.3) is 0 Å². The molecule has 21 heavy (non-hydrogen) atoms. The number of fused-ring (bicyclic) bond motifs is 1. The molecule has 1 aromatic carbocycles. The van der Waals surface area contributed by atoms with Gasteiger partial charge < -0.3 is 21.7 Å². The normalized spacial score (nSPS) is 16.9. The summed E-state index contributed by atoms with van der Waals surface area (Å²) < 4.78 is 0. The largest absolute Gasteiger partial charge is 0.368 e. The highest BCUT2D eigenvalue weighted by molar-refractivity contribution is 5.90.